The number of anilines is 4. The molecule has 36 heteroatoms. The first kappa shape index (κ1) is 105. The van der Waals surface area contributed by atoms with Crippen LogP contribution in [0, 0.1) is 39.5 Å². The maximum Gasteiger partial charge on any atom is 0.282 e. The first-order valence-corrected chi connectivity index (χ1v) is 51.1. The van der Waals surface area contributed by atoms with E-state index in [-0.39, 0.29) is 96.5 Å². The molecule has 7 fully saturated rings. The highest BCUT2D eigenvalue weighted by atomic mass is 32.1. The van der Waals surface area contributed by atoms with Gasteiger partial charge in [-0.25, -0.2) is 39.9 Å². The number of aromatic nitrogens is 8. The van der Waals surface area contributed by atoms with E-state index in [4.69, 9.17) is 0 Å². The van der Waals surface area contributed by atoms with Crippen LogP contribution in [0.2, 0.25) is 0 Å². The molecule has 8 aromatic rings. The smallest absolute Gasteiger partial charge is 0.282 e. The Bertz CT molecular complexity index is 5520. The molecule has 4 saturated heterocycles. The molecular formula is C100H142N20O12S4. The molecular weight excluding hydrogens is 1800 g/mol. The van der Waals surface area contributed by atoms with E-state index in [0.717, 1.165) is 130 Å². The Morgan fingerprint density at radius 2 is 0.669 bits per heavy atom. The highest BCUT2D eigenvalue weighted by molar-refractivity contribution is 7.18. The van der Waals surface area contributed by atoms with E-state index in [2.05, 4.69) is 138 Å². The second kappa shape index (κ2) is 42.3. The van der Waals surface area contributed by atoms with Crippen LogP contribution in [0.3, 0.4) is 0 Å². The standard InChI is InChI=1S/2C26H37N5O3S.C25H35N5O3S.C23H33N5O3S/c2*1-14-12-20(28-16(3)18-9-10-18)27-13-19(14)22-21(25(33)31-11-7-8-15(31)2)30-24(35-22)23(32)29-17(4)26(5,6)34;1-14-10-18(29-24(3,4)5)26-13-17(14)20-19(23(32)30-9-7-8-15(30)2)28-22(34-20)21(31)27-16-11-25(6,33)12-16;1-13-11-16(26-22(3,4)5)24-12-15(13)18-17(21(30)28-10-8-9-14(28)2)25-20(32-18)19(29)27-23(6,7)31/h2*12-13,15-18,34H,7-11H2,1-6H3,(H,27,28)(H,29,32);10,13,15-16,33H,7-9,11-12H2,1-6H3,(H,26,29)(H,27,31);11-12,14,31H,8-10H2,1-7H3,(H,24,26)(H,27,29)/t15-,16-,17+;15-,16-,17-;15-,16?,25?;14-/m0000/s1. The maximum absolute atomic E-state index is 13.5. The highest BCUT2D eigenvalue weighted by Crippen LogP contribution is 2.44. The molecule has 8 aromatic heterocycles. The summed E-state index contributed by atoms with van der Waals surface area (Å²) in [6, 6.07) is 8.13. The molecule has 12 heterocycles. The van der Waals surface area contributed by atoms with Gasteiger partial charge in [-0.1, -0.05) is 0 Å². The van der Waals surface area contributed by atoms with E-state index >= 15 is 0 Å². The van der Waals surface area contributed by atoms with Gasteiger partial charge in [-0.15, -0.1) is 45.3 Å². The summed E-state index contributed by atoms with van der Waals surface area (Å²) in [4.78, 5) is 152. The average molecular weight is 1940 g/mol. The first-order chi connectivity index (χ1) is 63.5. The number of likely N-dealkylation sites (tertiary alicyclic amines) is 4. The van der Waals surface area contributed by atoms with Crippen LogP contribution in [0.15, 0.2) is 49.1 Å². The fourth-order valence-corrected chi connectivity index (χ4v) is 21.3. The van der Waals surface area contributed by atoms with Crippen molar-refractivity contribution in [2.24, 2.45) is 11.8 Å². The lowest BCUT2D eigenvalue weighted by Crippen LogP contribution is -2.53. The summed E-state index contributed by atoms with van der Waals surface area (Å²) in [5.74, 6) is 2.28. The number of carbonyl (C=O) groups is 8. The Morgan fingerprint density at radius 3 is 0.904 bits per heavy atom. The van der Waals surface area contributed by atoms with Crippen LogP contribution in [0.4, 0.5) is 23.3 Å². The molecule has 3 saturated carbocycles. The minimum Gasteiger partial charge on any atom is -0.390 e. The Kier molecular flexibility index (Phi) is 32.6. The van der Waals surface area contributed by atoms with E-state index < -0.39 is 52.3 Å². The van der Waals surface area contributed by atoms with Gasteiger partial charge < -0.3 is 82.6 Å². The molecule has 3 aliphatic carbocycles. The summed E-state index contributed by atoms with van der Waals surface area (Å²) < 4.78 is 0. The number of pyridine rings is 4. The van der Waals surface area contributed by atoms with Crippen LogP contribution in [-0.4, -0.2) is 241 Å². The molecule has 136 heavy (non-hydrogen) atoms. The fraction of sp³-hybridized carbons (Fsp3) is 0.600. The molecule has 12 N–H and O–H groups in total. The number of amides is 8. The third-order valence-electron chi connectivity index (χ3n) is 26.1. The van der Waals surface area contributed by atoms with Crippen molar-refractivity contribution in [2.75, 3.05) is 47.4 Å². The SMILES string of the molecule is Cc1cc(NC(C)(C)C)ncc1-c1sc(C(=O)NC(C)(C)O)nc1C(=O)N1CCC[C@@H]1C.Cc1cc(NC(C)(C)C)ncc1-c1sc(C(=O)NC2CC(C)(O)C2)nc1C(=O)N1CCC[C@@H]1C.Cc1cc(N[C@@H](C)C2CC2)ncc1-c1sc(C(=O)N[C@@H](C)C(C)(C)O)nc1C(=O)N1CCC[C@@H]1C.Cc1cc(N[C@@H](C)C2CC2)ncc1-c1sc(C(=O)N[C@H](C)C(C)(C)O)nc1C(=O)N1CCC[C@@H]1C. The zero-order valence-electron chi connectivity index (χ0n) is 83.8. The lowest BCUT2D eigenvalue weighted by molar-refractivity contribution is -0.0367. The molecule has 15 rings (SSSR count). The second-order valence-corrected chi connectivity index (χ2v) is 46.4. The Morgan fingerprint density at radius 1 is 0.404 bits per heavy atom. The van der Waals surface area contributed by atoms with Crippen LogP contribution in [0.1, 0.15) is 339 Å². The maximum atomic E-state index is 13.5. The second-order valence-electron chi connectivity index (χ2n) is 42.4. The number of rotatable bonds is 26. The summed E-state index contributed by atoms with van der Waals surface area (Å²) in [5.41, 5.74) is 3.58. The van der Waals surface area contributed by atoms with E-state index in [1.807, 2.05) is 99.3 Å². The quantitative estimate of drug-likeness (QED) is 0.0224. The van der Waals surface area contributed by atoms with E-state index in [1.54, 1.807) is 73.3 Å². The Labute approximate surface area is 816 Å². The minimum absolute atomic E-state index is 0.0845. The molecule has 32 nitrogen and oxygen atoms in total. The third-order valence-corrected chi connectivity index (χ3v) is 30.5. The summed E-state index contributed by atoms with van der Waals surface area (Å²) in [5, 5.41) is 66.0. The van der Waals surface area contributed by atoms with Crippen molar-refractivity contribution in [1.82, 2.24) is 80.7 Å². The van der Waals surface area contributed by atoms with Crippen LogP contribution in [0.25, 0.3) is 41.8 Å². The van der Waals surface area contributed by atoms with E-state index in [0.29, 0.717) is 99.5 Å². The molecule has 738 valence electrons. The van der Waals surface area contributed by atoms with Crippen molar-refractivity contribution in [1.29, 1.82) is 0 Å². The number of thiazole rings is 4. The van der Waals surface area contributed by atoms with Gasteiger partial charge in [-0.2, -0.15) is 0 Å². The number of aliphatic hydroxyl groups is 4. The molecule has 8 amide bonds. The van der Waals surface area contributed by atoms with Crippen molar-refractivity contribution in [3.63, 3.8) is 0 Å². The number of nitrogens with one attached hydrogen (secondary N) is 8. The number of aryl methyl sites for hydroxylation is 4. The minimum atomic E-state index is -1.39. The summed E-state index contributed by atoms with van der Waals surface area (Å²) in [7, 11) is 0. The van der Waals surface area contributed by atoms with Gasteiger partial charge in [0.1, 0.15) is 51.8 Å². The van der Waals surface area contributed by atoms with Gasteiger partial charge in [0.2, 0.25) is 0 Å². The number of hydrogen-bond acceptors (Lipinski definition) is 28. The molecule has 8 atom stereocenters. The Hall–Kier alpha value is -10.1. The lowest BCUT2D eigenvalue weighted by atomic mass is 9.77. The molecule has 0 unspecified atom stereocenters. The van der Waals surface area contributed by atoms with Crippen molar-refractivity contribution >= 4 is 116 Å². The molecule has 0 radical (unpaired) electrons. The van der Waals surface area contributed by atoms with Crippen LogP contribution in [-0.2, 0) is 0 Å². The van der Waals surface area contributed by atoms with Crippen molar-refractivity contribution in [2.45, 2.75) is 351 Å². The summed E-state index contributed by atoms with van der Waals surface area (Å²) >= 11 is 4.76. The third kappa shape index (κ3) is 26.7. The molecule has 0 aromatic carbocycles. The molecule has 0 spiro atoms. The zero-order chi connectivity index (χ0) is 99.7. The van der Waals surface area contributed by atoms with Gasteiger partial charge in [0.15, 0.2) is 20.0 Å². The van der Waals surface area contributed by atoms with E-state index in [9.17, 15) is 58.8 Å². The first-order valence-electron chi connectivity index (χ1n) is 47.9. The van der Waals surface area contributed by atoms with Crippen molar-refractivity contribution in [3.05, 3.63) is 114 Å². The van der Waals surface area contributed by atoms with Gasteiger partial charge >= 0.3 is 0 Å². The molecule has 4 aliphatic heterocycles. The largest absolute Gasteiger partial charge is 0.390 e. The van der Waals surface area contributed by atoms with Crippen molar-refractivity contribution < 1.29 is 58.8 Å². The zero-order valence-corrected chi connectivity index (χ0v) is 87.0. The average Bonchev–Trinajstić information content (AvgIpc) is 1.63. The predicted octanol–water partition coefficient (Wildman–Crippen LogP) is 16.3. The van der Waals surface area contributed by atoms with Crippen molar-refractivity contribution in [3.8, 4) is 41.8 Å². The molecule has 0 bridgehead atoms. The number of nitrogens with zero attached hydrogens (tertiary/aromatic N) is 12. The normalized spacial score (nSPS) is 20.4. The van der Waals surface area contributed by atoms with Gasteiger partial charge in [0.05, 0.1) is 48.4 Å². The monoisotopic (exact) mass is 1940 g/mol. The fourth-order valence-electron chi connectivity index (χ4n) is 17.1. The van der Waals surface area contributed by atoms with Crippen LogP contribution >= 0.6 is 45.3 Å². The van der Waals surface area contributed by atoms with Crippen LogP contribution in [0.5, 0.6) is 0 Å². The van der Waals surface area contributed by atoms with E-state index in [1.165, 1.54) is 73.5 Å². The Balaban J connectivity index is 0.000000163. The predicted molar refractivity (Wildman–Crippen MR) is 539 cm³/mol. The topological polar surface area (TPSA) is 430 Å². The lowest BCUT2D eigenvalue weighted by Gasteiger charge is -2.40. The highest BCUT2D eigenvalue weighted by Gasteiger charge is 2.43. The molecule has 7 aliphatic rings. The van der Waals surface area contributed by atoms with Gasteiger partial charge in [-0.3, -0.25) is 38.4 Å². The number of carbonyl (C=O) groups excluding carboxylic acids is 8. The summed E-state index contributed by atoms with van der Waals surface area (Å²) in [6.45, 7) is 50.4. The summed E-state index contributed by atoms with van der Waals surface area (Å²) in [6.07, 6.45) is 20.7. The van der Waals surface area contributed by atoms with Gasteiger partial charge in [0, 0.05) is 127 Å². The van der Waals surface area contributed by atoms with Gasteiger partial charge in [0.25, 0.3) is 47.3 Å². The van der Waals surface area contributed by atoms with Crippen LogP contribution < -0.4 is 42.5 Å². The van der Waals surface area contributed by atoms with Gasteiger partial charge in [-0.05, 0) is 321 Å². The number of hydrogen-bond donors (Lipinski definition) is 12.